The normalized spacial score (nSPS) is 19.8. The molecule has 0 saturated carbocycles. The van der Waals surface area contributed by atoms with Gasteiger partial charge in [-0.2, -0.15) is 0 Å². The molecule has 0 aromatic carbocycles. The van der Waals surface area contributed by atoms with Crippen LogP contribution in [-0.4, -0.2) is 51.1 Å². The van der Waals surface area contributed by atoms with Gasteiger partial charge in [-0.3, -0.25) is 0 Å². The zero-order chi connectivity index (χ0) is 11.1. The molecular weight excluding hydrogens is 188 g/mol. The van der Waals surface area contributed by atoms with E-state index in [-0.39, 0.29) is 6.29 Å². The summed E-state index contributed by atoms with van der Waals surface area (Å²) in [5, 5.41) is 36.7. The second-order valence-corrected chi connectivity index (χ2v) is 3.32. The lowest BCUT2D eigenvalue weighted by molar-refractivity contribution is -0.134. The lowest BCUT2D eigenvalue weighted by atomic mass is 10.00. The van der Waals surface area contributed by atoms with Crippen molar-refractivity contribution < 1.29 is 25.2 Å². The van der Waals surface area contributed by atoms with E-state index < -0.39 is 24.4 Å². The van der Waals surface area contributed by atoms with Crippen LogP contribution < -0.4 is 0 Å². The molecule has 0 aromatic heterocycles. The zero-order valence-corrected chi connectivity index (χ0v) is 8.21. The number of hydrogen-bond acceptors (Lipinski definition) is 5. The van der Waals surface area contributed by atoms with Crippen molar-refractivity contribution in [2.24, 2.45) is 0 Å². The van der Waals surface area contributed by atoms with Crippen LogP contribution in [0.2, 0.25) is 0 Å². The minimum atomic E-state index is -1.65. The SMILES string of the molecule is CCCCC(O)C(O)C(O)C(O)C=O. The Morgan fingerprint density at radius 3 is 2.14 bits per heavy atom. The van der Waals surface area contributed by atoms with Gasteiger partial charge in [0, 0.05) is 0 Å². The highest BCUT2D eigenvalue weighted by Crippen LogP contribution is 2.09. The summed E-state index contributed by atoms with van der Waals surface area (Å²) in [4.78, 5) is 10.1. The van der Waals surface area contributed by atoms with Crippen LogP contribution >= 0.6 is 0 Å². The maximum Gasteiger partial charge on any atom is 0.151 e. The second-order valence-electron chi connectivity index (χ2n) is 3.32. The van der Waals surface area contributed by atoms with E-state index in [2.05, 4.69) is 0 Å². The van der Waals surface area contributed by atoms with Gasteiger partial charge in [0.1, 0.15) is 18.3 Å². The van der Waals surface area contributed by atoms with Gasteiger partial charge in [-0.05, 0) is 6.42 Å². The van der Waals surface area contributed by atoms with Crippen LogP contribution in [0, 0.1) is 0 Å². The first-order valence-corrected chi connectivity index (χ1v) is 4.72. The average Bonchev–Trinajstić information content (AvgIpc) is 2.22. The molecule has 0 aliphatic rings. The van der Waals surface area contributed by atoms with Crippen LogP contribution in [0.25, 0.3) is 0 Å². The summed E-state index contributed by atoms with van der Waals surface area (Å²) < 4.78 is 0. The van der Waals surface area contributed by atoms with Gasteiger partial charge >= 0.3 is 0 Å². The highest BCUT2D eigenvalue weighted by Gasteiger charge is 2.29. The molecule has 5 nitrogen and oxygen atoms in total. The zero-order valence-electron chi connectivity index (χ0n) is 8.21. The molecule has 4 unspecified atom stereocenters. The van der Waals surface area contributed by atoms with Gasteiger partial charge in [-0.1, -0.05) is 19.8 Å². The number of hydrogen-bond donors (Lipinski definition) is 4. The monoisotopic (exact) mass is 206 g/mol. The average molecular weight is 206 g/mol. The lowest BCUT2D eigenvalue weighted by Crippen LogP contribution is -2.45. The van der Waals surface area contributed by atoms with E-state index in [4.69, 9.17) is 10.2 Å². The van der Waals surface area contributed by atoms with Crippen molar-refractivity contribution >= 4 is 6.29 Å². The molecule has 0 radical (unpaired) electrons. The van der Waals surface area contributed by atoms with Gasteiger partial charge in [-0.25, -0.2) is 0 Å². The molecule has 0 saturated heterocycles. The molecule has 0 fully saturated rings. The van der Waals surface area contributed by atoms with Gasteiger partial charge in [0.05, 0.1) is 6.10 Å². The van der Waals surface area contributed by atoms with Crippen molar-refractivity contribution in [3.05, 3.63) is 0 Å². The van der Waals surface area contributed by atoms with Gasteiger partial charge in [-0.15, -0.1) is 0 Å². The minimum absolute atomic E-state index is 0.125. The molecule has 0 aromatic rings. The van der Waals surface area contributed by atoms with Gasteiger partial charge in [0.15, 0.2) is 6.29 Å². The highest BCUT2D eigenvalue weighted by molar-refractivity contribution is 5.56. The van der Waals surface area contributed by atoms with E-state index in [1.54, 1.807) is 0 Å². The summed E-state index contributed by atoms with van der Waals surface area (Å²) in [6, 6.07) is 0. The summed E-state index contributed by atoms with van der Waals surface area (Å²) in [5.41, 5.74) is 0. The highest BCUT2D eigenvalue weighted by atomic mass is 16.4. The fourth-order valence-corrected chi connectivity index (χ4v) is 1.09. The third-order valence-corrected chi connectivity index (χ3v) is 2.09. The minimum Gasteiger partial charge on any atom is -0.390 e. The maximum atomic E-state index is 10.1. The number of aliphatic hydroxyl groups is 4. The molecule has 0 spiro atoms. The Kier molecular flexibility index (Phi) is 6.65. The molecule has 0 heterocycles. The molecule has 0 aliphatic carbocycles. The van der Waals surface area contributed by atoms with Crippen molar-refractivity contribution in [1.29, 1.82) is 0 Å². The summed E-state index contributed by atoms with van der Waals surface area (Å²) in [7, 11) is 0. The van der Waals surface area contributed by atoms with Crippen molar-refractivity contribution in [2.45, 2.75) is 50.6 Å². The third-order valence-electron chi connectivity index (χ3n) is 2.09. The largest absolute Gasteiger partial charge is 0.390 e. The first kappa shape index (κ1) is 13.5. The Balaban J connectivity index is 4.02. The van der Waals surface area contributed by atoms with Crippen molar-refractivity contribution in [2.75, 3.05) is 0 Å². The molecule has 5 heteroatoms. The van der Waals surface area contributed by atoms with Gasteiger partial charge in [0.25, 0.3) is 0 Å². The molecule has 0 amide bonds. The van der Waals surface area contributed by atoms with Crippen molar-refractivity contribution in [1.82, 2.24) is 0 Å². The van der Waals surface area contributed by atoms with Crippen LogP contribution in [0.1, 0.15) is 26.2 Å². The first-order chi connectivity index (χ1) is 6.54. The Labute approximate surface area is 83.0 Å². The fraction of sp³-hybridized carbons (Fsp3) is 0.889. The van der Waals surface area contributed by atoms with E-state index in [0.29, 0.717) is 12.8 Å². The van der Waals surface area contributed by atoms with E-state index in [0.717, 1.165) is 6.42 Å². The number of carbonyl (C=O) groups excluding carboxylic acids is 1. The van der Waals surface area contributed by atoms with Crippen LogP contribution in [-0.2, 0) is 4.79 Å². The van der Waals surface area contributed by atoms with Crippen LogP contribution in [0.15, 0.2) is 0 Å². The summed E-state index contributed by atoms with van der Waals surface area (Å²) in [5.74, 6) is 0. The Bertz CT molecular complexity index is 161. The van der Waals surface area contributed by atoms with Crippen molar-refractivity contribution in [3.8, 4) is 0 Å². The Morgan fingerprint density at radius 2 is 1.71 bits per heavy atom. The molecule has 0 rings (SSSR count). The third kappa shape index (κ3) is 4.15. The predicted octanol–water partition coefficient (Wildman–Crippen LogP) is -1.18. The van der Waals surface area contributed by atoms with E-state index in [1.165, 1.54) is 0 Å². The van der Waals surface area contributed by atoms with Gasteiger partial charge < -0.3 is 25.2 Å². The maximum absolute atomic E-state index is 10.1. The molecule has 0 aliphatic heterocycles. The molecule has 4 N–H and O–H groups in total. The second kappa shape index (κ2) is 6.89. The van der Waals surface area contributed by atoms with Crippen LogP contribution in [0.5, 0.6) is 0 Å². The smallest absolute Gasteiger partial charge is 0.151 e. The molecule has 0 bridgehead atoms. The number of rotatable bonds is 7. The Hall–Kier alpha value is -0.490. The molecule has 14 heavy (non-hydrogen) atoms. The number of unbranched alkanes of at least 4 members (excludes halogenated alkanes) is 1. The topological polar surface area (TPSA) is 98.0 Å². The molecule has 4 atom stereocenters. The summed E-state index contributed by atoms with van der Waals surface area (Å²) >= 11 is 0. The standard InChI is InChI=1S/C9H18O5/c1-2-3-4-6(11)8(13)9(14)7(12)5-10/h5-9,11-14H,2-4H2,1H3. The lowest BCUT2D eigenvalue weighted by Gasteiger charge is -2.23. The predicted molar refractivity (Wildman–Crippen MR) is 49.6 cm³/mol. The first-order valence-electron chi connectivity index (χ1n) is 4.72. The van der Waals surface area contributed by atoms with Gasteiger partial charge in [0.2, 0.25) is 0 Å². The number of aliphatic hydroxyl groups excluding tert-OH is 4. The fourth-order valence-electron chi connectivity index (χ4n) is 1.09. The quantitative estimate of drug-likeness (QED) is 0.393. The van der Waals surface area contributed by atoms with Crippen LogP contribution in [0.4, 0.5) is 0 Å². The molecular formula is C9H18O5. The Morgan fingerprint density at radius 1 is 1.14 bits per heavy atom. The summed E-state index contributed by atoms with van der Waals surface area (Å²) in [6.45, 7) is 1.93. The number of carbonyl (C=O) groups is 1. The van der Waals surface area contributed by atoms with E-state index in [9.17, 15) is 15.0 Å². The van der Waals surface area contributed by atoms with E-state index in [1.807, 2.05) is 6.92 Å². The van der Waals surface area contributed by atoms with Crippen LogP contribution in [0.3, 0.4) is 0 Å². The van der Waals surface area contributed by atoms with E-state index >= 15 is 0 Å². The number of aldehydes is 1. The molecule has 84 valence electrons. The summed E-state index contributed by atoms with van der Waals surface area (Å²) in [6.07, 6.45) is -3.85. The van der Waals surface area contributed by atoms with Crippen molar-refractivity contribution in [3.63, 3.8) is 0 Å².